The standard InChI is InChI=1S/C6H7IN2O/c1-4-6(10)9(2)3-5(7)8-4/h3H,1-2H3/p+1. The largest absolute Gasteiger partial charge is 0.317 e. The van der Waals surface area contributed by atoms with Crippen LogP contribution in [0, 0.1) is 10.6 Å². The summed E-state index contributed by atoms with van der Waals surface area (Å²) in [6, 6.07) is 0. The van der Waals surface area contributed by atoms with Gasteiger partial charge in [0.15, 0.2) is 0 Å². The number of hydrogen-bond acceptors (Lipinski definition) is 1. The molecule has 1 aromatic rings. The minimum absolute atomic E-state index is 0.0282. The second-order valence-electron chi connectivity index (χ2n) is 2.14. The van der Waals surface area contributed by atoms with E-state index in [0.29, 0.717) is 5.69 Å². The van der Waals surface area contributed by atoms with Gasteiger partial charge in [-0.2, -0.15) is 4.98 Å². The Morgan fingerprint density at radius 3 is 2.80 bits per heavy atom. The summed E-state index contributed by atoms with van der Waals surface area (Å²) in [7, 11) is 1.74. The van der Waals surface area contributed by atoms with Crippen LogP contribution < -0.4 is 10.5 Å². The smallest absolute Gasteiger partial charge is 0.306 e. The normalized spacial score (nSPS) is 9.90. The van der Waals surface area contributed by atoms with Gasteiger partial charge in [-0.15, -0.1) is 0 Å². The average Bonchev–Trinajstić information content (AvgIpc) is 1.82. The predicted molar refractivity (Wildman–Crippen MR) is 45.7 cm³/mol. The Balaban J connectivity index is 3.46. The molecule has 0 saturated carbocycles. The topological polar surface area (TPSA) is 36.1 Å². The van der Waals surface area contributed by atoms with Crippen LogP contribution >= 0.6 is 22.6 Å². The van der Waals surface area contributed by atoms with Gasteiger partial charge in [0.05, 0.1) is 6.20 Å². The molecule has 0 radical (unpaired) electrons. The Bertz CT molecular complexity index is 279. The van der Waals surface area contributed by atoms with E-state index < -0.39 is 0 Å². The van der Waals surface area contributed by atoms with Crippen molar-refractivity contribution in [2.45, 2.75) is 6.92 Å². The molecule has 0 bridgehead atoms. The summed E-state index contributed by atoms with van der Waals surface area (Å²) in [5, 5.41) is 0. The maximum absolute atomic E-state index is 11.0. The van der Waals surface area contributed by atoms with Gasteiger partial charge >= 0.3 is 5.56 Å². The van der Waals surface area contributed by atoms with Crippen molar-refractivity contribution in [1.29, 1.82) is 0 Å². The Labute approximate surface area is 72.2 Å². The maximum atomic E-state index is 11.0. The summed E-state index contributed by atoms with van der Waals surface area (Å²) in [5.41, 5.74) is 0.704. The Kier molecular flexibility index (Phi) is 2.08. The SMILES string of the molecule is Cc1[nH+]c(I)cn(C)c1=O. The van der Waals surface area contributed by atoms with E-state index in [9.17, 15) is 4.79 Å². The molecule has 1 heterocycles. The van der Waals surface area contributed by atoms with Crippen LogP contribution in [-0.2, 0) is 7.05 Å². The number of halogens is 1. The van der Waals surface area contributed by atoms with Crippen molar-refractivity contribution in [3.05, 3.63) is 25.9 Å². The van der Waals surface area contributed by atoms with E-state index in [4.69, 9.17) is 0 Å². The molecule has 0 aliphatic rings. The van der Waals surface area contributed by atoms with Crippen molar-refractivity contribution in [3.8, 4) is 0 Å². The molecule has 1 rings (SSSR count). The molecule has 0 saturated heterocycles. The molecule has 0 aliphatic carbocycles. The fraction of sp³-hybridized carbons (Fsp3) is 0.333. The number of H-pyrrole nitrogens is 1. The van der Waals surface area contributed by atoms with Crippen LogP contribution in [0.3, 0.4) is 0 Å². The van der Waals surface area contributed by atoms with Crippen LogP contribution in [-0.4, -0.2) is 4.57 Å². The van der Waals surface area contributed by atoms with E-state index in [2.05, 4.69) is 27.6 Å². The third-order valence-corrected chi connectivity index (χ3v) is 1.80. The van der Waals surface area contributed by atoms with Crippen LogP contribution in [0.2, 0.25) is 0 Å². The Hall–Kier alpha value is -0.390. The zero-order valence-electron chi connectivity index (χ0n) is 5.81. The van der Waals surface area contributed by atoms with Gasteiger partial charge < -0.3 is 4.57 Å². The van der Waals surface area contributed by atoms with E-state index in [1.54, 1.807) is 24.7 Å². The maximum Gasteiger partial charge on any atom is 0.317 e. The first-order valence-corrected chi connectivity index (χ1v) is 3.94. The lowest BCUT2D eigenvalue weighted by molar-refractivity contribution is -0.406. The van der Waals surface area contributed by atoms with Crippen molar-refractivity contribution < 1.29 is 4.98 Å². The average molecular weight is 251 g/mol. The number of rotatable bonds is 0. The minimum atomic E-state index is 0.0282. The minimum Gasteiger partial charge on any atom is -0.306 e. The lowest BCUT2D eigenvalue weighted by Crippen LogP contribution is -2.30. The molecule has 54 valence electrons. The summed E-state index contributed by atoms with van der Waals surface area (Å²) >= 11 is 2.13. The van der Waals surface area contributed by atoms with E-state index in [0.717, 1.165) is 3.70 Å². The first-order valence-electron chi connectivity index (χ1n) is 2.86. The number of aromatic nitrogens is 2. The van der Waals surface area contributed by atoms with Gasteiger partial charge in [0, 0.05) is 36.6 Å². The highest BCUT2D eigenvalue weighted by atomic mass is 127. The number of nitrogens with one attached hydrogen (secondary N) is 1. The number of hydrogen-bond donors (Lipinski definition) is 0. The van der Waals surface area contributed by atoms with Gasteiger partial charge in [-0.25, -0.2) is 0 Å². The van der Waals surface area contributed by atoms with Gasteiger partial charge in [0.2, 0.25) is 5.69 Å². The second kappa shape index (κ2) is 2.69. The predicted octanol–water partition coefficient (Wildman–Crippen LogP) is 0.112. The fourth-order valence-electron chi connectivity index (χ4n) is 0.758. The van der Waals surface area contributed by atoms with Crippen molar-refractivity contribution in [2.24, 2.45) is 7.05 Å². The molecule has 0 aliphatic heterocycles. The van der Waals surface area contributed by atoms with Crippen molar-refractivity contribution in [3.63, 3.8) is 0 Å². The molecule has 10 heavy (non-hydrogen) atoms. The first-order chi connectivity index (χ1) is 4.61. The van der Waals surface area contributed by atoms with Crippen LogP contribution in [0.1, 0.15) is 5.69 Å². The molecule has 3 nitrogen and oxygen atoms in total. The monoisotopic (exact) mass is 251 g/mol. The van der Waals surface area contributed by atoms with Gasteiger partial charge in [-0.3, -0.25) is 4.79 Å². The summed E-state index contributed by atoms with van der Waals surface area (Å²) in [6.07, 6.45) is 1.76. The third kappa shape index (κ3) is 1.36. The fourth-order valence-corrected chi connectivity index (χ4v) is 1.58. The van der Waals surface area contributed by atoms with Crippen LogP contribution in [0.25, 0.3) is 0 Å². The molecule has 0 amide bonds. The summed E-state index contributed by atoms with van der Waals surface area (Å²) < 4.78 is 2.53. The zero-order chi connectivity index (χ0) is 7.72. The molecule has 0 aromatic carbocycles. The molecule has 0 fully saturated rings. The van der Waals surface area contributed by atoms with E-state index in [1.165, 1.54) is 0 Å². The summed E-state index contributed by atoms with van der Waals surface area (Å²) in [5.74, 6) is 0. The van der Waals surface area contributed by atoms with Crippen molar-refractivity contribution in [2.75, 3.05) is 0 Å². The quantitative estimate of drug-likeness (QED) is 0.603. The van der Waals surface area contributed by atoms with Crippen molar-refractivity contribution >= 4 is 22.6 Å². The summed E-state index contributed by atoms with van der Waals surface area (Å²) in [4.78, 5) is 14.0. The van der Waals surface area contributed by atoms with E-state index >= 15 is 0 Å². The second-order valence-corrected chi connectivity index (χ2v) is 3.31. The lowest BCUT2D eigenvalue weighted by Gasteiger charge is -1.92. The van der Waals surface area contributed by atoms with Gasteiger partial charge in [-0.1, -0.05) is 0 Å². The Morgan fingerprint density at radius 2 is 2.30 bits per heavy atom. The molecular formula is C6H8IN2O+. The van der Waals surface area contributed by atoms with Crippen molar-refractivity contribution in [1.82, 2.24) is 4.57 Å². The summed E-state index contributed by atoms with van der Waals surface area (Å²) in [6.45, 7) is 1.77. The first kappa shape index (κ1) is 7.71. The molecule has 0 atom stereocenters. The molecule has 0 unspecified atom stereocenters. The Morgan fingerprint density at radius 1 is 1.70 bits per heavy atom. The van der Waals surface area contributed by atoms with E-state index in [-0.39, 0.29) is 5.56 Å². The number of aromatic amines is 1. The third-order valence-electron chi connectivity index (χ3n) is 1.26. The zero-order valence-corrected chi connectivity index (χ0v) is 7.97. The highest BCUT2D eigenvalue weighted by molar-refractivity contribution is 14.1. The van der Waals surface area contributed by atoms with Crippen LogP contribution in [0.15, 0.2) is 11.0 Å². The molecule has 1 aromatic heterocycles. The highest BCUT2D eigenvalue weighted by Crippen LogP contribution is 1.90. The molecule has 0 spiro atoms. The lowest BCUT2D eigenvalue weighted by atomic mass is 10.5. The molecule has 4 heteroatoms. The highest BCUT2D eigenvalue weighted by Gasteiger charge is 2.04. The van der Waals surface area contributed by atoms with Crippen LogP contribution in [0.5, 0.6) is 0 Å². The number of nitrogens with zero attached hydrogens (tertiary/aromatic N) is 1. The molecule has 1 N–H and O–H groups in total. The van der Waals surface area contributed by atoms with Gasteiger partial charge in [0.1, 0.15) is 0 Å². The van der Waals surface area contributed by atoms with E-state index in [1.807, 2.05) is 0 Å². The van der Waals surface area contributed by atoms with Crippen LogP contribution in [0.4, 0.5) is 0 Å². The number of aryl methyl sites for hydroxylation is 2. The van der Waals surface area contributed by atoms with Gasteiger partial charge in [-0.05, 0) is 0 Å². The van der Waals surface area contributed by atoms with Gasteiger partial charge in [0.25, 0.3) is 3.70 Å². The molecular weight excluding hydrogens is 243 g/mol.